The monoisotopic (exact) mass is 244 g/mol. The smallest absolute Gasteiger partial charge is 0.304 e. The summed E-state index contributed by atoms with van der Waals surface area (Å²) in [5.41, 5.74) is -2.00. The molecule has 2 nitrogen and oxygen atoms in total. The van der Waals surface area contributed by atoms with Gasteiger partial charge in [-0.05, 0) is 7.05 Å². The van der Waals surface area contributed by atoms with Crippen molar-refractivity contribution < 1.29 is 22.0 Å². The molecular weight excluding hydrogens is 231 g/mol. The van der Waals surface area contributed by atoms with Crippen LogP contribution in [-0.4, -0.2) is 55.2 Å². The molecule has 0 aromatic rings. The van der Waals surface area contributed by atoms with Gasteiger partial charge < -0.3 is 4.90 Å². The van der Waals surface area contributed by atoms with Crippen molar-refractivity contribution in [2.75, 3.05) is 33.2 Å². The van der Waals surface area contributed by atoms with Crippen molar-refractivity contribution >= 4 is 0 Å². The molecule has 0 saturated carbocycles. The van der Waals surface area contributed by atoms with Crippen LogP contribution in [0.2, 0.25) is 0 Å². The van der Waals surface area contributed by atoms with Gasteiger partial charge in [0.25, 0.3) is 0 Å². The average Bonchev–Trinajstić information content (AvgIpc) is 2.16. The molecule has 0 amide bonds. The lowest BCUT2D eigenvalue weighted by molar-refractivity contribution is -0.184. The molecule has 1 rings (SSSR count). The van der Waals surface area contributed by atoms with E-state index in [1.807, 2.05) is 0 Å². The fraction of sp³-hybridized carbons (Fsp3) is 0.778. The van der Waals surface area contributed by atoms with Crippen LogP contribution in [0.25, 0.3) is 0 Å². The summed E-state index contributed by atoms with van der Waals surface area (Å²) in [6.45, 7) is 2.90. The predicted molar refractivity (Wildman–Crippen MR) is 49.2 cm³/mol. The first-order valence-corrected chi connectivity index (χ1v) is 4.73. The van der Waals surface area contributed by atoms with E-state index >= 15 is 0 Å². The van der Waals surface area contributed by atoms with E-state index < -0.39 is 17.8 Å². The summed E-state index contributed by atoms with van der Waals surface area (Å²) < 4.78 is 63.3. The Labute approximate surface area is 90.3 Å². The van der Waals surface area contributed by atoms with Crippen LogP contribution in [0.1, 0.15) is 0 Å². The van der Waals surface area contributed by atoms with Gasteiger partial charge in [0.05, 0.1) is 0 Å². The van der Waals surface area contributed by atoms with E-state index in [4.69, 9.17) is 0 Å². The van der Waals surface area contributed by atoms with Crippen LogP contribution in [0.3, 0.4) is 0 Å². The summed E-state index contributed by atoms with van der Waals surface area (Å²) in [4.78, 5) is 2.30. The lowest BCUT2D eigenvalue weighted by atomic mass is 10.2. The third-order valence-corrected chi connectivity index (χ3v) is 2.61. The van der Waals surface area contributed by atoms with E-state index in [1.54, 1.807) is 11.9 Å². The third-order valence-electron chi connectivity index (χ3n) is 2.61. The van der Waals surface area contributed by atoms with Gasteiger partial charge >= 0.3 is 12.2 Å². The lowest BCUT2D eigenvalue weighted by Crippen LogP contribution is -2.54. The van der Waals surface area contributed by atoms with E-state index in [0.717, 1.165) is 0 Å². The summed E-state index contributed by atoms with van der Waals surface area (Å²) in [6, 6.07) is -4.01. The molecule has 1 aliphatic rings. The standard InChI is InChI=1S/C9H13F5N2/c1-7(8(10,11)12)9(13,14)16-5-3-15(2)4-6-16/h1,3-6H2,2H3. The number of hydrogen-bond acceptors (Lipinski definition) is 2. The van der Waals surface area contributed by atoms with E-state index in [0.29, 0.717) is 18.0 Å². The van der Waals surface area contributed by atoms with E-state index in [1.165, 1.54) is 0 Å². The van der Waals surface area contributed by atoms with Crippen LogP contribution in [0.5, 0.6) is 0 Å². The predicted octanol–water partition coefficient (Wildman–Crippen LogP) is 1.95. The molecule has 0 aromatic heterocycles. The summed E-state index contributed by atoms with van der Waals surface area (Å²) in [5, 5.41) is 0. The Balaban J connectivity index is 2.74. The molecule has 0 atom stereocenters. The largest absolute Gasteiger partial charge is 0.419 e. The van der Waals surface area contributed by atoms with Crippen LogP contribution in [0.15, 0.2) is 12.2 Å². The maximum Gasteiger partial charge on any atom is 0.419 e. The Morgan fingerprint density at radius 3 is 1.81 bits per heavy atom. The Morgan fingerprint density at radius 1 is 1.00 bits per heavy atom. The first-order valence-electron chi connectivity index (χ1n) is 4.73. The van der Waals surface area contributed by atoms with Crippen molar-refractivity contribution in [1.82, 2.24) is 9.80 Å². The second-order valence-corrected chi connectivity index (χ2v) is 3.81. The van der Waals surface area contributed by atoms with Gasteiger partial charge in [0.2, 0.25) is 0 Å². The maximum absolute atomic E-state index is 13.4. The zero-order chi connectivity index (χ0) is 12.6. The van der Waals surface area contributed by atoms with E-state index in [-0.39, 0.29) is 13.1 Å². The van der Waals surface area contributed by atoms with E-state index in [2.05, 4.69) is 6.58 Å². The van der Waals surface area contributed by atoms with Crippen LogP contribution in [-0.2, 0) is 0 Å². The molecular formula is C9H13F5N2. The Kier molecular flexibility index (Phi) is 3.59. The number of rotatable bonds is 2. The second-order valence-electron chi connectivity index (χ2n) is 3.81. The third kappa shape index (κ3) is 2.70. The quantitative estimate of drug-likeness (QED) is 0.416. The number of likely N-dealkylation sites (N-methyl/N-ethyl adjacent to an activating group) is 1. The van der Waals surface area contributed by atoms with Crippen LogP contribution >= 0.6 is 0 Å². The zero-order valence-electron chi connectivity index (χ0n) is 8.82. The zero-order valence-corrected chi connectivity index (χ0v) is 8.82. The number of alkyl halides is 5. The fourth-order valence-corrected chi connectivity index (χ4v) is 1.45. The average molecular weight is 244 g/mol. The van der Waals surface area contributed by atoms with Crippen molar-refractivity contribution in [3.8, 4) is 0 Å². The highest BCUT2D eigenvalue weighted by Gasteiger charge is 2.52. The highest BCUT2D eigenvalue weighted by molar-refractivity contribution is 5.13. The van der Waals surface area contributed by atoms with Gasteiger partial charge in [-0.1, -0.05) is 6.58 Å². The van der Waals surface area contributed by atoms with Gasteiger partial charge in [0.1, 0.15) is 5.57 Å². The maximum atomic E-state index is 13.4. The van der Waals surface area contributed by atoms with Crippen LogP contribution in [0, 0.1) is 0 Å². The molecule has 1 heterocycles. The topological polar surface area (TPSA) is 6.48 Å². The summed E-state index contributed by atoms with van der Waals surface area (Å²) in [6.07, 6.45) is -5.06. The number of nitrogens with zero attached hydrogens (tertiary/aromatic N) is 2. The normalized spacial score (nSPS) is 21.1. The highest BCUT2D eigenvalue weighted by atomic mass is 19.4. The lowest BCUT2D eigenvalue weighted by Gasteiger charge is -2.38. The van der Waals surface area contributed by atoms with Crippen molar-refractivity contribution in [2.45, 2.75) is 12.2 Å². The molecule has 0 bridgehead atoms. The fourth-order valence-electron chi connectivity index (χ4n) is 1.45. The molecule has 0 unspecified atom stereocenters. The number of piperazine rings is 1. The molecule has 94 valence electrons. The first-order chi connectivity index (χ1) is 7.15. The molecule has 0 radical (unpaired) electrons. The Morgan fingerprint density at radius 2 is 1.44 bits per heavy atom. The van der Waals surface area contributed by atoms with Crippen LogP contribution in [0.4, 0.5) is 22.0 Å². The molecule has 7 heteroatoms. The minimum Gasteiger partial charge on any atom is -0.304 e. The van der Waals surface area contributed by atoms with Gasteiger partial charge in [-0.15, -0.1) is 0 Å². The molecule has 0 N–H and O–H groups in total. The summed E-state index contributed by atoms with van der Waals surface area (Å²) in [7, 11) is 1.73. The highest BCUT2D eigenvalue weighted by Crippen LogP contribution is 2.38. The van der Waals surface area contributed by atoms with E-state index in [9.17, 15) is 22.0 Å². The Hall–Kier alpha value is -0.690. The molecule has 0 aliphatic carbocycles. The second kappa shape index (κ2) is 4.29. The number of halogens is 5. The molecule has 16 heavy (non-hydrogen) atoms. The Bertz CT molecular complexity index is 266. The molecule has 0 spiro atoms. The van der Waals surface area contributed by atoms with Crippen LogP contribution < -0.4 is 0 Å². The molecule has 0 aromatic carbocycles. The van der Waals surface area contributed by atoms with Gasteiger partial charge in [-0.2, -0.15) is 22.0 Å². The van der Waals surface area contributed by atoms with Gasteiger partial charge in [-0.25, -0.2) is 4.90 Å². The van der Waals surface area contributed by atoms with Gasteiger partial charge in [0, 0.05) is 26.2 Å². The SMILES string of the molecule is C=C(C(F)(F)F)C(F)(F)N1CCN(C)CC1. The summed E-state index contributed by atoms with van der Waals surface area (Å²) in [5.74, 6) is 0. The first kappa shape index (κ1) is 13.4. The molecule has 1 aliphatic heterocycles. The van der Waals surface area contributed by atoms with Gasteiger partial charge in [-0.3, -0.25) is 0 Å². The minimum absolute atomic E-state index is 0.0986. The van der Waals surface area contributed by atoms with Crippen molar-refractivity contribution in [3.63, 3.8) is 0 Å². The summed E-state index contributed by atoms with van der Waals surface area (Å²) >= 11 is 0. The number of hydrogen-bond donors (Lipinski definition) is 0. The molecule has 1 fully saturated rings. The minimum atomic E-state index is -5.06. The van der Waals surface area contributed by atoms with Gasteiger partial charge in [0.15, 0.2) is 0 Å². The van der Waals surface area contributed by atoms with Crippen molar-refractivity contribution in [2.24, 2.45) is 0 Å². The van der Waals surface area contributed by atoms with Crippen molar-refractivity contribution in [3.05, 3.63) is 12.2 Å². The van der Waals surface area contributed by atoms with Crippen molar-refractivity contribution in [1.29, 1.82) is 0 Å². The molecule has 1 saturated heterocycles.